The number of halogens is 4. The maximum absolute atomic E-state index is 12.4. The van der Waals surface area contributed by atoms with Crippen LogP contribution in [0.2, 0.25) is 0 Å². The number of rotatable bonds is 4. The van der Waals surface area contributed by atoms with Gasteiger partial charge in [-0.2, -0.15) is 4.39 Å². The van der Waals surface area contributed by atoms with Gasteiger partial charge in [0.1, 0.15) is 0 Å². The summed E-state index contributed by atoms with van der Waals surface area (Å²) in [6.07, 6.45) is -1.34. The molecule has 0 heterocycles. The lowest BCUT2D eigenvalue weighted by Crippen LogP contribution is -2.02. The maximum atomic E-state index is 12.4. The number of carbonyl (C=O) groups is 3. The molecule has 0 aromatic heterocycles. The van der Waals surface area contributed by atoms with Crippen molar-refractivity contribution < 1.29 is 31.9 Å². The Kier molecular flexibility index (Phi) is 4.41. The van der Waals surface area contributed by atoms with E-state index in [0.29, 0.717) is 0 Å². The second-order valence-corrected chi connectivity index (χ2v) is 1.89. The van der Waals surface area contributed by atoms with E-state index in [0.717, 1.165) is 0 Å². The molecule has 0 aliphatic rings. The first-order valence-electron chi connectivity index (χ1n) is 3.01. The van der Waals surface area contributed by atoms with Gasteiger partial charge in [0.2, 0.25) is 23.3 Å². The molecule has 0 radical (unpaired) electrons. The highest BCUT2D eigenvalue weighted by Crippen LogP contribution is 2.22. The average Bonchev–Trinajstić information content (AvgIpc) is 2.23. The minimum atomic E-state index is -2.52. The highest BCUT2D eigenvalue weighted by Gasteiger charge is 2.21. The summed E-state index contributed by atoms with van der Waals surface area (Å²) in [6, 6.07) is 0. The third-order valence-corrected chi connectivity index (χ3v) is 1.02. The fourth-order valence-electron chi connectivity index (χ4n) is 0.413. The first-order chi connectivity index (χ1) is 6.45. The van der Waals surface area contributed by atoms with Crippen molar-refractivity contribution in [2.45, 2.75) is 0 Å². The van der Waals surface area contributed by atoms with Crippen LogP contribution < -0.4 is 0 Å². The lowest BCUT2D eigenvalue weighted by molar-refractivity contribution is -0.128. The van der Waals surface area contributed by atoms with Crippen LogP contribution in [0.1, 0.15) is 0 Å². The van der Waals surface area contributed by atoms with Crippen molar-refractivity contribution in [2.75, 3.05) is 0 Å². The lowest BCUT2D eigenvalue weighted by atomic mass is 10.3. The molecular formula is C7H2F4O3. The van der Waals surface area contributed by atoms with Gasteiger partial charge in [-0.1, -0.05) is 0 Å². The Labute approximate surface area is 74.7 Å². The fraction of sp³-hybridized carbons (Fsp3) is 0. The minimum Gasteiger partial charge on any atom is -0.295 e. The number of hydrogen-bond acceptors (Lipinski definition) is 3. The lowest BCUT2D eigenvalue weighted by Gasteiger charge is -1.93. The Hall–Kier alpha value is -1.79. The van der Waals surface area contributed by atoms with Crippen molar-refractivity contribution >= 4 is 18.4 Å². The molecule has 0 amide bonds. The molecule has 0 N–H and O–H groups in total. The smallest absolute Gasteiger partial charge is 0.256 e. The summed E-state index contributed by atoms with van der Waals surface area (Å²) in [5.74, 6) is -11.6. The molecule has 0 bridgehead atoms. The van der Waals surface area contributed by atoms with Crippen LogP contribution in [0.15, 0.2) is 23.3 Å². The topological polar surface area (TPSA) is 51.2 Å². The van der Waals surface area contributed by atoms with E-state index in [2.05, 4.69) is 0 Å². The molecule has 0 saturated heterocycles. The molecule has 0 aromatic carbocycles. The van der Waals surface area contributed by atoms with Gasteiger partial charge in [0.05, 0.1) is 0 Å². The largest absolute Gasteiger partial charge is 0.295 e. The summed E-state index contributed by atoms with van der Waals surface area (Å²) in [5, 5.41) is 0. The van der Waals surface area contributed by atoms with Crippen molar-refractivity contribution in [1.29, 1.82) is 0 Å². The van der Waals surface area contributed by atoms with E-state index in [9.17, 15) is 31.9 Å². The van der Waals surface area contributed by atoms with Crippen LogP contribution in [-0.4, -0.2) is 18.4 Å². The second-order valence-electron chi connectivity index (χ2n) is 1.89. The van der Waals surface area contributed by atoms with Gasteiger partial charge in [-0.25, -0.2) is 13.2 Å². The Morgan fingerprint density at radius 1 is 0.786 bits per heavy atom. The van der Waals surface area contributed by atoms with Crippen LogP contribution in [-0.2, 0) is 14.4 Å². The molecule has 0 aliphatic carbocycles. The first kappa shape index (κ1) is 12.2. The van der Waals surface area contributed by atoms with Crippen LogP contribution in [0.5, 0.6) is 0 Å². The van der Waals surface area contributed by atoms with E-state index in [1.807, 2.05) is 0 Å². The predicted octanol–water partition coefficient (Wildman–Crippen LogP) is 1.25. The Morgan fingerprint density at radius 2 is 1.29 bits per heavy atom. The van der Waals surface area contributed by atoms with Gasteiger partial charge in [0.25, 0.3) is 5.78 Å². The summed E-state index contributed by atoms with van der Waals surface area (Å²) in [6.45, 7) is 0. The van der Waals surface area contributed by atoms with Crippen molar-refractivity contribution in [1.82, 2.24) is 0 Å². The van der Waals surface area contributed by atoms with Gasteiger partial charge in [-0.15, -0.1) is 0 Å². The third-order valence-electron chi connectivity index (χ3n) is 1.02. The number of Topliss-reactive ketones (excluding diaryl/α,β-unsaturated/α-hetero) is 1. The molecule has 0 atom stereocenters. The van der Waals surface area contributed by atoms with Gasteiger partial charge >= 0.3 is 0 Å². The van der Waals surface area contributed by atoms with Crippen LogP contribution >= 0.6 is 0 Å². The van der Waals surface area contributed by atoms with E-state index < -0.39 is 41.7 Å². The van der Waals surface area contributed by atoms with Gasteiger partial charge in [-0.05, 0) is 0 Å². The molecular weight excluding hydrogens is 208 g/mol. The third kappa shape index (κ3) is 2.61. The molecule has 0 aromatic rings. The van der Waals surface area contributed by atoms with Gasteiger partial charge in [0.15, 0.2) is 12.6 Å². The van der Waals surface area contributed by atoms with Crippen molar-refractivity contribution in [3.05, 3.63) is 23.3 Å². The Morgan fingerprint density at radius 3 is 1.64 bits per heavy atom. The van der Waals surface area contributed by atoms with E-state index in [1.165, 1.54) is 0 Å². The molecule has 76 valence electrons. The summed E-state index contributed by atoms with van der Waals surface area (Å²) in [7, 11) is 0. The molecule has 0 fully saturated rings. The van der Waals surface area contributed by atoms with E-state index >= 15 is 0 Å². The summed E-state index contributed by atoms with van der Waals surface area (Å²) in [5.41, 5.74) is 0. The number of aldehydes is 2. The zero-order valence-electron chi connectivity index (χ0n) is 6.39. The Balaban J connectivity index is 5.31. The fourth-order valence-corrected chi connectivity index (χ4v) is 0.413. The number of carbonyl (C=O) groups excluding carboxylic acids is 3. The monoisotopic (exact) mass is 210 g/mol. The minimum absolute atomic E-state index is 0.624. The molecule has 3 nitrogen and oxygen atoms in total. The molecule has 14 heavy (non-hydrogen) atoms. The number of allylic oxidation sites excluding steroid dienone is 4. The molecule has 7 heteroatoms. The molecule has 0 rings (SSSR count). The standard InChI is InChI=1S/C7H2F4O3/c8-3(1-12)5(9)7(11)6(10)4(14)2-13/h1-2H/b5-3-,7-6+. The summed E-state index contributed by atoms with van der Waals surface area (Å²) in [4.78, 5) is 29.3. The number of hydrogen-bond donors (Lipinski definition) is 0. The zero-order valence-corrected chi connectivity index (χ0v) is 6.39. The van der Waals surface area contributed by atoms with Crippen LogP contribution in [0, 0.1) is 0 Å². The highest BCUT2D eigenvalue weighted by atomic mass is 19.2. The van der Waals surface area contributed by atoms with Gasteiger partial charge < -0.3 is 0 Å². The first-order valence-corrected chi connectivity index (χ1v) is 3.01. The predicted molar refractivity (Wildman–Crippen MR) is 35.6 cm³/mol. The van der Waals surface area contributed by atoms with Crippen molar-refractivity contribution in [3.63, 3.8) is 0 Å². The normalized spacial score (nSPS) is 14.0. The van der Waals surface area contributed by atoms with Crippen LogP contribution in [0.4, 0.5) is 17.6 Å². The van der Waals surface area contributed by atoms with Crippen molar-refractivity contribution in [3.8, 4) is 0 Å². The molecule has 0 saturated carbocycles. The Bertz CT molecular complexity index is 343. The summed E-state index contributed by atoms with van der Waals surface area (Å²) >= 11 is 0. The molecule has 0 spiro atoms. The molecule has 0 aliphatic heterocycles. The maximum Gasteiger partial charge on any atom is 0.256 e. The zero-order chi connectivity index (χ0) is 11.3. The van der Waals surface area contributed by atoms with E-state index in [-0.39, 0.29) is 0 Å². The summed E-state index contributed by atoms with van der Waals surface area (Å²) < 4.78 is 48.9. The van der Waals surface area contributed by atoms with Crippen LogP contribution in [0.3, 0.4) is 0 Å². The van der Waals surface area contributed by atoms with Gasteiger partial charge in [-0.3, -0.25) is 14.4 Å². The quantitative estimate of drug-likeness (QED) is 0.231. The van der Waals surface area contributed by atoms with Gasteiger partial charge in [0, 0.05) is 0 Å². The van der Waals surface area contributed by atoms with E-state index in [4.69, 9.17) is 0 Å². The van der Waals surface area contributed by atoms with Crippen molar-refractivity contribution in [2.24, 2.45) is 0 Å². The SMILES string of the molecule is O=CC(=O)/C(F)=C(F)/C(F)=C(/F)C=O. The average molecular weight is 210 g/mol. The molecule has 0 unspecified atom stereocenters. The second kappa shape index (κ2) is 5.05. The van der Waals surface area contributed by atoms with E-state index in [1.54, 1.807) is 0 Å². The number of ketones is 1. The van der Waals surface area contributed by atoms with Crippen LogP contribution in [0.25, 0.3) is 0 Å². The highest BCUT2D eigenvalue weighted by molar-refractivity contribution is 6.32.